The van der Waals surface area contributed by atoms with Crippen LogP contribution in [0.2, 0.25) is 0 Å². The molecule has 0 aliphatic rings. The van der Waals surface area contributed by atoms with Gasteiger partial charge in [-0.05, 0) is 6.42 Å². The summed E-state index contributed by atoms with van der Waals surface area (Å²) in [5.74, 6) is 0.923. The van der Waals surface area contributed by atoms with Crippen LogP contribution >= 0.6 is 0 Å². The average molecular weight is 194 g/mol. The molecule has 1 heterocycles. The van der Waals surface area contributed by atoms with Crippen LogP contribution in [0.1, 0.15) is 19.8 Å². The van der Waals surface area contributed by atoms with E-state index in [-0.39, 0.29) is 0 Å². The molecular formula is C10H18N4. The highest BCUT2D eigenvalue weighted by Gasteiger charge is 2.05. The maximum absolute atomic E-state index is 5.55. The predicted octanol–water partition coefficient (Wildman–Crippen LogP) is 1.04. The first-order chi connectivity index (χ1) is 6.88. The van der Waals surface area contributed by atoms with Crippen LogP contribution in [0, 0.1) is 0 Å². The Morgan fingerprint density at radius 2 is 2.21 bits per heavy atom. The van der Waals surface area contributed by atoms with Crippen molar-refractivity contribution in [3.05, 3.63) is 18.6 Å². The zero-order chi connectivity index (χ0) is 10.2. The molecule has 0 fully saturated rings. The molecule has 0 saturated heterocycles. The minimum absolute atomic E-state index is 0.653. The minimum Gasteiger partial charge on any atom is -0.354 e. The quantitative estimate of drug-likeness (QED) is 0.735. The van der Waals surface area contributed by atoms with Crippen LogP contribution in [0.25, 0.3) is 0 Å². The first-order valence-corrected chi connectivity index (χ1v) is 5.09. The van der Waals surface area contributed by atoms with Crippen molar-refractivity contribution in [2.24, 2.45) is 5.73 Å². The van der Waals surface area contributed by atoms with E-state index in [1.54, 1.807) is 18.6 Å². The normalized spacial score (nSPS) is 10.1. The minimum atomic E-state index is 0.653. The second kappa shape index (κ2) is 6.32. The number of anilines is 1. The van der Waals surface area contributed by atoms with E-state index >= 15 is 0 Å². The highest BCUT2D eigenvalue weighted by molar-refractivity contribution is 5.34. The maximum Gasteiger partial charge on any atom is 0.147 e. The Bertz CT molecular complexity index is 237. The maximum atomic E-state index is 5.55. The first-order valence-electron chi connectivity index (χ1n) is 5.09. The van der Waals surface area contributed by atoms with Gasteiger partial charge in [0.1, 0.15) is 5.82 Å². The van der Waals surface area contributed by atoms with E-state index in [2.05, 4.69) is 21.8 Å². The van der Waals surface area contributed by atoms with Gasteiger partial charge in [0.05, 0.1) is 6.20 Å². The Morgan fingerprint density at radius 3 is 2.79 bits per heavy atom. The van der Waals surface area contributed by atoms with Gasteiger partial charge >= 0.3 is 0 Å². The van der Waals surface area contributed by atoms with Crippen molar-refractivity contribution < 1.29 is 0 Å². The third-order valence-electron chi connectivity index (χ3n) is 2.05. The molecule has 0 unspecified atom stereocenters. The van der Waals surface area contributed by atoms with Gasteiger partial charge in [-0.25, -0.2) is 4.98 Å². The molecule has 1 rings (SSSR count). The van der Waals surface area contributed by atoms with Crippen LogP contribution in [0.15, 0.2) is 18.6 Å². The lowest BCUT2D eigenvalue weighted by Crippen LogP contribution is -2.31. The highest BCUT2D eigenvalue weighted by Crippen LogP contribution is 2.07. The molecule has 14 heavy (non-hydrogen) atoms. The van der Waals surface area contributed by atoms with Gasteiger partial charge < -0.3 is 10.6 Å². The standard InChI is InChI=1S/C10H18N4/c1-2-3-7-14(8-4-11)10-9-12-5-6-13-10/h5-6,9H,2-4,7-8,11H2,1H3. The van der Waals surface area contributed by atoms with Crippen LogP contribution in [-0.2, 0) is 0 Å². The molecule has 0 radical (unpaired) electrons. The van der Waals surface area contributed by atoms with E-state index in [1.807, 2.05) is 0 Å². The third kappa shape index (κ3) is 3.30. The lowest BCUT2D eigenvalue weighted by molar-refractivity contribution is 0.706. The number of rotatable bonds is 6. The fourth-order valence-corrected chi connectivity index (χ4v) is 1.30. The van der Waals surface area contributed by atoms with E-state index in [1.165, 1.54) is 6.42 Å². The topological polar surface area (TPSA) is 55.0 Å². The van der Waals surface area contributed by atoms with Crippen LogP contribution in [0.5, 0.6) is 0 Å². The molecule has 0 spiro atoms. The van der Waals surface area contributed by atoms with Crippen LogP contribution in [0.3, 0.4) is 0 Å². The van der Waals surface area contributed by atoms with Crippen LogP contribution in [-0.4, -0.2) is 29.6 Å². The summed E-state index contributed by atoms with van der Waals surface area (Å²) < 4.78 is 0. The van der Waals surface area contributed by atoms with E-state index in [4.69, 9.17) is 5.73 Å². The fraction of sp³-hybridized carbons (Fsp3) is 0.600. The summed E-state index contributed by atoms with van der Waals surface area (Å²) in [6, 6.07) is 0. The summed E-state index contributed by atoms with van der Waals surface area (Å²) in [7, 11) is 0. The summed E-state index contributed by atoms with van der Waals surface area (Å²) in [5.41, 5.74) is 5.55. The zero-order valence-electron chi connectivity index (χ0n) is 8.69. The van der Waals surface area contributed by atoms with Crippen molar-refractivity contribution in [1.29, 1.82) is 0 Å². The molecule has 1 aromatic heterocycles. The molecule has 0 aliphatic carbocycles. The monoisotopic (exact) mass is 194 g/mol. The van der Waals surface area contributed by atoms with Gasteiger partial charge in [0.2, 0.25) is 0 Å². The van der Waals surface area contributed by atoms with Crippen molar-refractivity contribution in [3.63, 3.8) is 0 Å². The fourth-order valence-electron chi connectivity index (χ4n) is 1.30. The van der Waals surface area contributed by atoms with Gasteiger partial charge in [0.25, 0.3) is 0 Å². The van der Waals surface area contributed by atoms with Gasteiger partial charge in [0, 0.05) is 32.0 Å². The van der Waals surface area contributed by atoms with Crippen molar-refractivity contribution in [2.45, 2.75) is 19.8 Å². The molecule has 2 N–H and O–H groups in total. The van der Waals surface area contributed by atoms with Gasteiger partial charge in [0.15, 0.2) is 0 Å². The number of unbranched alkanes of at least 4 members (excludes halogenated alkanes) is 1. The molecule has 0 amide bonds. The molecule has 0 aliphatic heterocycles. The molecule has 0 atom stereocenters. The van der Waals surface area contributed by atoms with E-state index in [9.17, 15) is 0 Å². The van der Waals surface area contributed by atoms with Crippen molar-refractivity contribution in [3.8, 4) is 0 Å². The largest absolute Gasteiger partial charge is 0.354 e. The number of nitrogens with zero attached hydrogens (tertiary/aromatic N) is 3. The lowest BCUT2D eigenvalue weighted by Gasteiger charge is -2.21. The van der Waals surface area contributed by atoms with Crippen molar-refractivity contribution in [2.75, 3.05) is 24.5 Å². The Labute approximate surface area is 85.2 Å². The second-order valence-electron chi connectivity index (χ2n) is 3.19. The van der Waals surface area contributed by atoms with E-state index in [0.29, 0.717) is 6.54 Å². The van der Waals surface area contributed by atoms with E-state index in [0.717, 1.165) is 25.3 Å². The molecule has 4 heteroatoms. The molecule has 4 nitrogen and oxygen atoms in total. The number of aromatic nitrogens is 2. The summed E-state index contributed by atoms with van der Waals surface area (Å²) >= 11 is 0. The van der Waals surface area contributed by atoms with Gasteiger partial charge in [-0.3, -0.25) is 4.98 Å². The Balaban J connectivity index is 2.58. The average Bonchev–Trinajstić information content (AvgIpc) is 2.25. The van der Waals surface area contributed by atoms with Crippen LogP contribution in [0.4, 0.5) is 5.82 Å². The molecule has 0 aromatic carbocycles. The number of hydrogen-bond donors (Lipinski definition) is 1. The molecular weight excluding hydrogens is 176 g/mol. The van der Waals surface area contributed by atoms with Crippen molar-refractivity contribution >= 4 is 5.82 Å². The predicted molar refractivity (Wildman–Crippen MR) is 58.2 cm³/mol. The van der Waals surface area contributed by atoms with Gasteiger partial charge in [-0.15, -0.1) is 0 Å². The Hall–Kier alpha value is -1.16. The highest BCUT2D eigenvalue weighted by atomic mass is 15.2. The molecule has 1 aromatic rings. The Kier molecular flexibility index (Phi) is 4.93. The molecule has 0 bridgehead atoms. The van der Waals surface area contributed by atoms with E-state index < -0.39 is 0 Å². The summed E-state index contributed by atoms with van der Waals surface area (Å²) in [4.78, 5) is 10.5. The third-order valence-corrected chi connectivity index (χ3v) is 2.05. The lowest BCUT2D eigenvalue weighted by atomic mass is 10.3. The van der Waals surface area contributed by atoms with Crippen molar-refractivity contribution in [1.82, 2.24) is 9.97 Å². The van der Waals surface area contributed by atoms with Gasteiger partial charge in [-0.2, -0.15) is 0 Å². The summed E-state index contributed by atoms with van der Waals surface area (Å²) in [6.07, 6.45) is 7.53. The zero-order valence-corrected chi connectivity index (χ0v) is 8.69. The second-order valence-corrected chi connectivity index (χ2v) is 3.19. The first kappa shape index (κ1) is 10.9. The van der Waals surface area contributed by atoms with Crippen LogP contribution < -0.4 is 10.6 Å². The summed E-state index contributed by atoms with van der Waals surface area (Å²) in [5, 5.41) is 0. The summed E-state index contributed by atoms with van der Waals surface area (Å²) in [6.45, 7) is 4.68. The molecule has 78 valence electrons. The number of nitrogens with two attached hydrogens (primary N) is 1. The SMILES string of the molecule is CCCCN(CCN)c1cnccn1. The smallest absolute Gasteiger partial charge is 0.147 e. The Morgan fingerprint density at radius 1 is 1.36 bits per heavy atom. The van der Waals surface area contributed by atoms with Gasteiger partial charge in [-0.1, -0.05) is 13.3 Å². The number of hydrogen-bond acceptors (Lipinski definition) is 4. The molecule has 0 saturated carbocycles.